The van der Waals surface area contributed by atoms with Gasteiger partial charge < -0.3 is 14.4 Å². The molecule has 3 nitrogen and oxygen atoms in total. The second kappa shape index (κ2) is 5.16. The van der Waals surface area contributed by atoms with Gasteiger partial charge in [-0.2, -0.15) is 13.2 Å². The first-order valence-corrected chi connectivity index (χ1v) is 4.87. The molecule has 0 N–H and O–H groups in total. The third-order valence-corrected chi connectivity index (χ3v) is 2.21. The molecule has 17 heavy (non-hydrogen) atoms. The summed E-state index contributed by atoms with van der Waals surface area (Å²) in [7, 11) is 4.22. The standard InChI is InChI=1S/C11H14F3NO2/c1-15(7-11(12,13)14)9-6-8(16-2)4-5-10(9)17-3/h4-6H,7H2,1-3H3. The minimum Gasteiger partial charge on any atom is -0.497 e. The average molecular weight is 249 g/mol. The highest BCUT2D eigenvalue weighted by Gasteiger charge is 2.30. The summed E-state index contributed by atoms with van der Waals surface area (Å²) in [5.41, 5.74) is 0.337. The number of halogens is 3. The average Bonchev–Trinajstić information content (AvgIpc) is 2.25. The lowest BCUT2D eigenvalue weighted by Crippen LogP contribution is -2.31. The first-order chi connectivity index (χ1) is 7.87. The predicted octanol–water partition coefficient (Wildman–Crippen LogP) is 2.70. The molecule has 0 saturated heterocycles. The van der Waals surface area contributed by atoms with Crippen LogP contribution in [0.4, 0.5) is 18.9 Å². The summed E-state index contributed by atoms with van der Waals surface area (Å²) < 4.78 is 46.9. The molecular weight excluding hydrogens is 235 g/mol. The van der Waals surface area contributed by atoms with Crippen molar-refractivity contribution in [2.75, 3.05) is 32.7 Å². The molecule has 1 aromatic carbocycles. The van der Waals surface area contributed by atoms with E-state index in [1.165, 1.54) is 27.3 Å². The summed E-state index contributed by atoms with van der Waals surface area (Å²) in [4.78, 5) is 1.07. The zero-order valence-corrected chi connectivity index (χ0v) is 9.84. The smallest absolute Gasteiger partial charge is 0.405 e. The van der Waals surface area contributed by atoms with E-state index in [1.807, 2.05) is 0 Å². The molecule has 0 heterocycles. The van der Waals surface area contributed by atoms with Crippen molar-refractivity contribution in [2.45, 2.75) is 6.18 Å². The van der Waals surface area contributed by atoms with E-state index in [0.29, 0.717) is 17.2 Å². The summed E-state index contributed by atoms with van der Waals surface area (Å²) in [6.07, 6.45) is -4.26. The fraction of sp³-hybridized carbons (Fsp3) is 0.455. The molecule has 0 radical (unpaired) electrons. The Hall–Kier alpha value is -1.59. The van der Waals surface area contributed by atoms with Gasteiger partial charge in [0.25, 0.3) is 0 Å². The van der Waals surface area contributed by atoms with Crippen molar-refractivity contribution in [2.24, 2.45) is 0 Å². The summed E-state index contributed by atoms with van der Waals surface area (Å²) in [6.45, 7) is -1.05. The second-order valence-electron chi connectivity index (χ2n) is 3.51. The number of anilines is 1. The molecule has 1 aromatic rings. The molecular formula is C11H14F3NO2. The second-order valence-corrected chi connectivity index (χ2v) is 3.51. The number of alkyl halides is 3. The van der Waals surface area contributed by atoms with Crippen molar-refractivity contribution in [3.8, 4) is 11.5 Å². The Balaban J connectivity index is 3.01. The highest BCUT2D eigenvalue weighted by atomic mass is 19.4. The number of benzene rings is 1. The maximum Gasteiger partial charge on any atom is 0.405 e. The Morgan fingerprint density at radius 2 is 1.82 bits per heavy atom. The van der Waals surface area contributed by atoms with Crippen molar-refractivity contribution in [1.29, 1.82) is 0 Å². The molecule has 0 fully saturated rings. The molecule has 0 aromatic heterocycles. The maximum absolute atomic E-state index is 12.3. The molecule has 6 heteroatoms. The van der Waals surface area contributed by atoms with Crippen molar-refractivity contribution in [1.82, 2.24) is 0 Å². The SMILES string of the molecule is COc1ccc(OC)c(N(C)CC(F)(F)F)c1. The van der Waals surface area contributed by atoms with Gasteiger partial charge in [0.2, 0.25) is 0 Å². The summed E-state index contributed by atoms with van der Waals surface area (Å²) in [5.74, 6) is 0.854. The molecule has 0 amide bonds. The lowest BCUT2D eigenvalue weighted by molar-refractivity contribution is -0.119. The van der Waals surface area contributed by atoms with Gasteiger partial charge in [0.15, 0.2) is 0 Å². The van der Waals surface area contributed by atoms with Crippen LogP contribution < -0.4 is 14.4 Å². The maximum atomic E-state index is 12.3. The molecule has 1 rings (SSSR count). The number of methoxy groups -OCH3 is 2. The minimum atomic E-state index is -4.26. The van der Waals surface area contributed by atoms with Gasteiger partial charge in [0.1, 0.15) is 18.0 Å². The van der Waals surface area contributed by atoms with Crippen LogP contribution in [0.3, 0.4) is 0 Å². The van der Waals surface area contributed by atoms with Gasteiger partial charge in [-0.15, -0.1) is 0 Å². The zero-order chi connectivity index (χ0) is 13.1. The van der Waals surface area contributed by atoms with Gasteiger partial charge in [-0.05, 0) is 12.1 Å². The van der Waals surface area contributed by atoms with E-state index in [1.54, 1.807) is 12.1 Å². The number of nitrogens with zero attached hydrogens (tertiary/aromatic N) is 1. The Bertz CT molecular complexity index is 379. The lowest BCUT2D eigenvalue weighted by atomic mass is 10.2. The summed E-state index contributed by atoms with van der Waals surface area (Å²) >= 11 is 0. The van der Waals surface area contributed by atoms with Gasteiger partial charge in [0, 0.05) is 13.1 Å². The van der Waals surface area contributed by atoms with Crippen LogP contribution >= 0.6 is 0 Å². The van der Waals surface area contributed by atoms with Crippen LogP contribution in [0.1, 0.15) is 0 Å². The van der Waals surface area contributed by atoms with E-state index in [4.69, 9.17) is 9.47 Å². The van der Waals surface area contributed by atoms with Gasteiger partial charge in [-0.25, -0.2) is 0 Å². The number of hydrogen-bond donors (Lipinski definition) is 0. The van der Waals surface area contributed by atoms with Crippen LogP contribution in [0.5, 0.6) is 11.5 Å². The third-order valence-electron chi connectivity index (χ3n) is 2.21. The van der Waals surface area contributed by atoms with E-state index >= 15 is 0 Å². The van der Waals surface area contributed by atoms with Gasteiger partial charge in [-0.1, -0.05) is 0 Å². The third kappa shape index (κ3) is 3.72. The fourth-order valence-corrected chi connectivity index (χ4v) is 1.45. The number of ether oxygens (including phenoxy) is 2. The highest BCUT2D eigenvalue weighted by molar-refractivity contribution is 5.61. The van der Waals surface area contributed by atoms with Crippen molar-refractivity contribution < 1.29 is 22.6 Å². The van der Waals surface area contributed by atoms with Crippen LogP contribution in [0.2, 0.25) is 0 Å². The zero-order valence-electron chi connectivity index (χ0n) is 9.84. The molecule has 0 bridgehead atoms. The van der Waals surface area contributed by atoms with E-state index in [-0.39, 0.29) is 0 Å². The Morgan fingerprint density at radius 3 is 2.29 bits per heavy atom. The Morgan fingerprint density at radius 1 is 1.18 bits per heavy atom. The molecule has 0 unspecified atom stereocenters. The van der Waals surface area contributed by atoms with Crippen LogP contribution in [-0.4, -0.2) is 34.0 Å². The van der Waals surface area contributed by atoms with Crippen LogP contribution in [0.15, 0.2) is 18.2 Å². The van der Waals surface area contributed by atoms with E-state index < -0.39 is 12.7 Å². The lowest BCUT2D eigenvalue weighted by Gasteiger charge is -2.23. The molecule has 0 aliphatic carbocycles. The first kappa shape index (κ1) is 13.5. The minimum absolute atomic E-state index is 0.337. The predicted molar refractivity (Wildman–Crippen MR) is 58.9 cm³/mol. The van der Waals surface area contributed by atoms with Gasteiger partial charge in [0.05, 0.1) is 19.9 Å². The van der Waals surface area contributed by atoms with Crippen LogP contribution in [0, 0.1) is 0 Å². The topological polar surface area (TPSA) is 21.7 Å². The van der Waals surface area contributed by atoms with Crippen molar-refractivity contribution in [3.63, 3.8) is 0 Å². The normalized spacial score (nSPS) is 11.2. The van der Waals surface area contributed by atoms with Gasteiger partial charge in [-0.3, -0.25) is 0 Å². The van der Waals surface area contributed by atoms with Crippen molar-refractivity contribution >= 4 is 5.69 Å². The molecule has 0 atom stereocenters. The molecule has 96 valence electrons. The molecule has 0 aliphatic heterocycles. The molecule has 0 aliphatic rings. The largest absolute Gasteiger partial charge is 0.497 e. The fourth-order valence-electron chi connectivity index (χ4n) is 1.45. The first-order valence-electron chi connectivity index (χ1n) is 4.87. The number of hydrogen-bond acceptors (Lipinski definition) is 3. The number of rotatable bonds is 4. The van der Waals surface area contributed by atoms with Crippen molar-refractivity contribution in [3.05, 3.63) is 18.2 Å². The monoisotopic (exact) mass is 249 g/mol. The molecule has 0 saturated carbocycles. The highest BCUT2D eigenvalue weighted by Crippen LogP contribution is 2.33. The summed E-state index contributed by atoms with van der Waals surface area (Å²) in [5, 5.41) is 0. The Kier molecular flexibility index (Phi) is 4.09. The van der Waals surface area contributed by atoms with E-state index in [2.05, 4.69) is 0 Å². The van der Waals surface area contributed by atoms with E-state index in [9.17, 15) is 13.2 Å². The summed E-state index contributed by atoms with van der Waals surface area (Å²) in [6, 6.07) is 4.70. The van der Waals surface area contributed by atoms with Crippen LogP contribution in [0.25, 0.3) is 0 Å². The van der Waals surface area contributed by atoms with E-state index in [0.717, 1.165) is 4.90 Å². The van der Waals surface area contributed by atoms with Gasteiger partial charge >= 0.3 is 6.18 Å². The quantitative estimate of drug-likeness (QED) is 0.819. The molecule has 0 spiro atoms. The van der Waals surface area contributed by atoms with Crippen LogP contribution in [-0.2, 0) is 0 Å². The Labute approximate surface area is 97.7 Å².